The first-order valence-corrected chi connectivity index (χ1v) is 13.5. The van der Waals surface area contributed by atoms with E-state index >= 15 is 0 Å². The fraction of sp³-hybridized carbons (Fsp3) is 0.114. The molecule has 0 bridgehead atoms. The fourth-order valence-corrected chi connectivity index (χ4v) is 4.73. The molecule has 0 aliphatic rings. The second-order valence-electron chi connectivity index (χ2n) is 9.88. The third-order valence-corrected chi connectivity index (χ3v) is 6.95. The maximum Gasteiger partial charge on any atom is 0.254 e. The molecule has 2 amide bonds. The number of carbonyl (C=O) groups excluding carboxylic acids is 2. The molecular formula is C35H29FN2O4. The fourth-order valence-electron chi connectivity index (χ4n) is 4.73. The second-order valence-corrected chi connectivity index (χ2v) is 9.88. The van der Waals surface area contributed by atoms with Gasteiger partial charge in [0.15, 0.2) is 5.43 Å². The van der Waals surface area contributed by atoms with Crippen molar-refractivity contribution in [3.8, 4) is 11.1 Å². The van der Waals surface area contributed by atoms with Crippen molar-refractivity contribution in [3.05, 3.63) is 155 Å². The van der Waals surface area contributed by atoms with E-state index in [0.29, 0.717) is 27.7 Å². The Morgan fingerprint density at radius 1 is 0.786 bits per heavy atom. The Kier molecular flexibility index (Phi) is 8.68. The number of fused-ring (bicyclic) bond motifs is 1. The van der Waals surface area contributed by atoms with Gasteiger partial charge in [-0.15, -0.1) is 6.58 Å². The third kappa shape index (κ3) is 6.53. The smallest absolute Gasteiger partial charge is 0.254 e. The molecule has 4 aromatic carbocycles. The third-order valence-electron chi connectivity index (χ3n) is 6.95. The number of hydrogen-bond acceptors (Lipinski definition) is 4. The lowest BCUT2D eigenvalue weighted by Gasteiger charge is -2.27. The van der Waals surface area contributed by atoms with Crippen LogP contribution < -0.4 is 5.43 Å². The summed E-state index contributed by atoms with van der Waals surface area (Å²) in [5.41, 5.74) is 3.61. The van der Waals surface area contributed by atoms with E-state index in [2.05, 4.69) is 6.58 Å². The van der Waals surface area contributed by atoms with Crippen LogP contribution in [0.2, 0.25) is 0 Å². The summed E-state index contributed by atoms with van der Waals surface area (Å²) in [4.78, 5) is 43.3. The molecule has 0 saturated heterocycles. The first-order chi connectivity index (χ1) is 20.4. The predicted molar refractivity (Wildman–Crippen MR) is 161 cm³/mol. The predicted octanol–water partition coefficient (Wildman–Crippen LogP) is 6.46. The van der Waals surface area contributed by atoms with Gasteiger partial charge in [-0.05, 0) is 53.1 Å². The molecule has 42 heavy (non-hydrogen) atoms. The molecule has 0 atom stereocenters. The Morgan fingerprint density at radius 2 is 1.45 bits per heavy atom. The van der Waals surface area contributed by atoms with Crippen LogP contribution in [-0.4, -0.2) is 34.7 Å². The second kappa shape index (κ2) is 12.9. The van der Waals surface area contributed by atoms with Crippen molar-refractivity contribution in [3.63, 3.8) is 0 Å². The molecule has 0 unspecified atom stereocenters. The van der Waals surface area contributed by atoms with Crippen molar-refractivity contribution in [2.45, 2.75) is 13.1 Å². The van der Waals surface area contributed by atoms with Gasteiger partial charge in [0.1, 0.15) is 17.9 Å². The number of nitrogens with zero attached hydrogens (tertiary/aromatic N) is 2. The van der Waals surface area contributed by atoms with Crippen LogP contribution in [0.15, 0.2) is 131 Å². The van der Waals surface area contributed by atoms with E-state index in [1.54, 1.807) is 54.6 Å². The van der Waals surface area contributed by atoms with E-state index in [0.717, 1.165) is 11.1 Å². The summed E-state index contributed by atoms with van der Waals surface area (Å²) in [5.74, 6) is -1.11. The normalized spacial score (nSPS) is 10.8. The van der Waals surface area contributed by atoms with Gasteiger partial charge in [-0.2, -0.15) is 0 Å². The Labute approximate surface area is 242 Å². The molecule has 0 fully saturated rings. The Hall–Kier alpha value is -5.30. The van der Waals surface area contributed by atoms with Crippen LogP contribution in [0, 0.1) is 5.82 Å². The van der Waals surface area contributed by atoms with E-state index < -0.39 is 5.82 Å². The molecule has 0 saturated carbocycles. The summed E-state index contributed by atoms with van der Waals surface area (Å²) in [6, 6.07) is 29.7. The van der Waals surface area contributed by atoms with Gasteiger partial charge in [0, 0.05) is 18.7 Å². The highest BCUT2D eigenvalue weighted by Crippen LogP contribution is 2.20. The maximum atomic E-state index is 13.7. The van der Waals surface area contributed by atoms with Gasteiger partial charge >= 0.3 is 0 Å². The average Bonchev–Trinajstić information content (AvgIpc) is 3.03. The van der Waals surface area contributed by atoms with Crippen molar-refractivity contribution < 1.29 is 18.4 Å². The highest BCUT2D eigenvalue weighted by molar-refractivity contribution is 5.97. The van der Waals surface area contributed by atoms with E-state index in [1.807, 2.05) is 42.5 Å². The topological polar surface area (TPSA) is 70.8 Å². The summed E-state index contributed by atoms with van der Waals surface area (Å²) in [6.07, 6.45) is 2.92. The minimum atomic E-state index is -0.396. The van der Waals surface area contributed by atoms with Gasteiger partial charge in [0.25, 0.3) is 5.91 Å². The van der Waals surface area contributed by atoms with E-state index in [9.17, 15) is 18.8 Å². The monoisotopic (exact) mass is 560 g/mol. The molecule has 1 heterocycles. The molecular weight excluding hydrogens is 531 g/mol. The summed E-state index contributed by atoms with van der Waals surface area (Å²) >= 11 is 0. The Balaban J connectivity index is 1.39. The number of halogens is 1. The zero-order valence-corrected chi connectivity index (χ0v) is 22.9. The molecule has 0 N–H and O–H groups in total. The highest BCUT2D eigenvalue weighted by atomic mass is 19.1. The number of hydrogen-bond donors (Lipinski definition) is 0. The summed E-state index contributed by atoms with van der Waals surface area (Å²) in [6.45, 7) is 3.71. The van der Waals surface area contributed by atoms with Crippen LogP contribution >= 0.6 is 0 Å². The highest BCUT2D eigenvalue weighted by Gasteiger charge is 2.23. The van der Waals surface area contributed by atoms with Crippen molar-refractivity contribution in [2.24, 2.45) is 0 Å². The van der Waals surface area contributed by atoms with Crippen LogP contribution in [0.1, 0.15) is 21.5 Å². The zero-order valence-electron chi connectivity index (χ0n) is 22.9. The minimum absolute atomic E-state index is 0.0503. The SMILES string of the molecule is C=CCN(CC(=O)N(Cc1ccc(F)cc1)Cc1coc2ccccc2c1=O)C(=O)c1ccc(-c2ccccc2)cc1. The van der Waals surface area contributed by atoms with E-state index in [-0.39, 0.29) is 43.4 Å². The molecule has 0 aliphatic carbocycles. The van der Waals surface area contributed by atoms with Gasteiger partial charge < -0.3 is 14.2 Å². The summed E-state index contributed by atoms with van der Waals surface area (Å²) < 4.78 is 19.2. The lowest BCUT2D eigenvalue weighted by Crippen LogP contribution is -2.43. The Morgan fingerprint density at radius 3 is 2.17 bits per heavy atom. The quantitative estimate of drug-likeness (QED) is 0.184. The largest absolute Gasteiger partial charge is 0.464 e. The lowest BCUT2D eigenvalue weighted by molar-refractivity contribution is -0.133. The van der Waals surface area contributed by atoms with Crippen molar-refractivity contribution in [1.82, 2.24) is 9.80 Å². The molecule has 1 aromatic heterocycles. The molecule has 5 aromatic rings. The molecule has 0 spiro atoms. The number of para-hydroxylation sites is 1. The van der Waals surface area contributed by atoms with Gasteiger partial charge in [-0.3, -0.25) is 14.4 Å². The van der Waals surface area contributed by atoms with Gasteiger partial charge in [-0.25, -0.2) is 4.39 Å². The molecule has 7 heteroatoms. The van der Waals surface area contributed by atoms with Gasteiger partial charge in [-0.1, -0.05) is 72.8 Å². The van der Waals surface area contributed by atoms with E-state index in [4.69, 9.17) is 4.42 Å². The number of rotatable bonds is 10. The summed E-state index contributed by atoms with van der Waals surface area (Å²) in [7, 11) is 0. The molecule has 0 radical (unpaired) electrons. The van der Waals surface area contributed by atoms with Crippen LogP contribution in [0.3, 0.4) is 0 Å². The molecule has 6 nitrogen and oxygen atoms in total. The van der Waals surface area contributed by atoms with Crippen LogP contribution in [0.25, 0.3) is 22.1 Å². The molecule has 210 valence electrons. The molecule has 5 rings (SSSR count). The van der Waals surface area contributed by atoms with Crippen molar-refractivity contribution in [2.75, 3.05) is 13.1 Å². The first kappa shape index (κ1) is 28.2. The minimum Gasteiger partial charge on any atom is -0.464 e. The van der Waals surface area contributed by atoms with E-state index in [1.165, 1.54) is 28.2 Å². The van der Waals surface area contributed by atoms with Crippen molar-refractivity contribution in [1.29, 1.82) is 0 Å². The van der Waals surface area contributed by atoms with Crippen LogP contribution in [-0.2, 0) is 17.9 Å². The maximum absolute atomic E-state index is 13.7. The standard InChI is InChI=1S/C35H29FN2O4/c1-2-20-37(35(41)28-16-14-27(15-17-28)26-8-4-3-5-9-26)23-33(39)38(21-25-12-18-30(36)19-13-25)22-29-24-42-32-11-7-6-10-31(32)34(29)40/h2-19,24H,1,20-23H2. The number of carbonyl (C=O) groups is 2. The number of amides is 2. The molecule has 0 aliphatic heterocycles. The first-order valence-electron chi connectivity index (χ1n) is 13.5. The van der Waals surface area contributed by atoms with Crippen LogP contribution in [0.4, 0.5) is 4.39 Å². The van der Waals surface area contributed by atoms with Gasteiger partial charge in [0.2, 0.25) is 5.91 Å². The Bertz CT molecular complexity index is 1760. The average molecular weight is 561 g/mol. The van der Waals surface area contributed by atoms with Crippen LogP contribution in [0.5, 0.6) is 0 Å². The zero-order chi connectivity index (χ0) is 29.5. The summed E-state index contributed by atoms with van der Waals surface area (Å²) in [5, 5.41) is 0.409. The lowest BCUT2D eigenvalue weighted by atomic mass is 10.0. The van der Waals surface area contributed by atoms with Crippen molar-refractivity contribution >= 4 is 22.8 Å². The van der Waals surface area contributed by atoms with Gasteiger partial charge in [0.05, 0.1) is 23.8 Å². The number of benzene rings is 4.